The van der Waals surface area contributed by atoms with E-state index in [-0.39, 0.29) is 12.5 Å². The Balaban J connectivity index is 1.94. The average molecular weight is 340 g/mol. The lowest BCUT2D eigenvalue weighted by molar-refractivity contribution is -0.123. The number of ether oxygens (including phenoxy) is 2. The van der Waals surface area contributed by atoms with Crippen molar-refractivity contribution in [2.24, 2.45) is 5.10 Å². The molecule has 2 aromatic rings. The van der Waals surface area contributed by atoms with E-state index in [1.807, 2.05) is 58.0 Å². The third kappa shape index (κ3) is 4.59. The van der Waals surface area contributed by atoms with Crippen LogP contribution in [0.5, 0.6) is 11.5 Å². The van der Waals surface area contributed by atoms with Gasteiger partial charge < -0.3 is 9.47 Å². The summed E-state index contributed by atoms with van der Waals surface area (Å²) in [6.45, 7) is 7.80. The van der Waals surface area contributed by atoms with Crippen molar-refractivity contribution in [1.82, 2.24) is 5.43 Å². The summed E-state index contributed by atoms with van der Waals surface area (Å²) in [6, 6.07) is 9.65. The van der Waals surface area contributed by atoms with Gasteiger partial charge in [0.25, 0.3) is 5.91 Å². The third-order valence-corrected chi connectivity index (χ3v) is 4.15. The molecule has 5 heteroatoms. The highest BCUT2D eigenvalue weighted by atomic mass is 16.5. The Bertz CT molecular complexity index is 778. The fraction of sp³-hybridized carbons (Fsp3) is 0.300. The molecule has 0 aromatic heterocycles. The highest BCUT2D eigenvalue weighted by molar-refractivity contribution is 5.85. The van der Waals surface area contributed by atoms with Crippen molar-refractivity contribution >= 4 is 12.1 Å². The minimum absolute atomic E-state index is 0.0797. The second-order valence-corrected chi connectivity index (χ2v) is 5.91. The second kappa shape index (κ2) is 8.33. The van der Waals surface area contributed by atoms with Gasteiger partial charge in [-0.3, -0.25) is 4.79 Å². The summed E-state index contributed by atoms with van der Waals surface area (Å²) < 4.78 is 10.9. The van der Waals surface area contributed by atoms with Crippen molar-refractivity contribution in [3.05, 3.63) is 58.1 Å². The first kappa shape index (κ1) is 18.5. The molecule has 0 bridgehead atoms. The lowest BCUT2D eigenvalue weighted by Gasteiger charge is -2.11. The average Bonchev–Trinajstić information content (AvgIpc) is 2.58. The van der Waals surface area contributed by atoms with E-state index in [4.69, 9.17) is 9.47 Å². The molecule has 0 saturated carbocycles. The highest BCUT2D eigenvalue weighted by Crippen LogP contribution is 2.23. The van der Waals surface area contributed by atoms with Crippen LogP contribution in [0, 0.1) is 27.7 Å². The number of hydrazone groups is 1. The molecule has 0 atom stereocenters. The lowest BCUT2D eigenvalue weighted by Crippen LogP contribution is -2.25. The smallest absolute Gasteiger partial charge is 0.277 e. The molecule has 0 radical (unpaired) electrons. The van der Waals surface area contributed by atoms with Crippen molar-refractivity contribution in [2.45, 2.75) is 27.7 Å². The van der Waals surface area contributed by atoms with Crippen molar-refractivity contribution < 1.29 is 14.3 Å². The number of hydrogen-bond acceptors (Lipinski definition) is 4. The second-order valence-electron chi connectivity index (χ2n) is 5.91. The number of para-hydroxylation sites is 1. The molecular formula is C20H24N2O3. The van der Waals surface area contributed by atoms with Crippen LogP contribution in [0.15, 0.2) is 35.4 Å². The monoisotopic (exact) mass is 340 g/mol. The van der Waals surface area contributed by atoms with Gasteiger partial charge in [0.05, 0.1) is 13.3 Å². The van der Waals surface area contributed by atoms with Crippen LogP contribution in [0.3, 0.4) is 0 Å². The van der Waals surface area contributed by atoms with Gasteiger partial charge in [-0.2, -0.15) is 5.10 Å². The molecule has 2 rings (SSSR count). The van der Waals surface area contributed by atoms with Crippen LogP contribution in [-0.2, 0) is 4.79 Å². The predicted octanol–water partition coefficient (Wildman–Crippen LogP) is 3.46. The van der Waals surface area contributed by atoms with E-state index in [2.05, 4.69) is 10.5 Å². The van der Waals surface area contributed by atoms with Gasteiger partial charge >= 0.3 is 0 Å². The number of carbonyl (C=O) groups is 1. The van der Waals surface area contributed by atoms with Crippen molar-refractivity contribution in [1.29, 1.82) is 0 Å². The maximum Gasteiger partial charge on any atom is 0.277 e. The van der Waals surface area contributed by atoms with Gasteiger partial charge in [-0.25, -0.2) is 5.43 Å². The van der Waals surface area contributed by atoms with Gasteiger partial charge in [-0.1, -0.05) is 18.2 Å². The fourth-order valence-electron chi connectivity index (χ4n) is 2.55. The molecule has 0 aliphatic carbocycles. The molecule has 0 unspecified atom stereocenters. The van der Waals surface area contributed by atoms with Crippen molar-refractivity contribution in [3.8, 4) is 11.5 Å². The molecule has 1 N–H and O–H groups in total. The van der Waals surface area contributed by atoms with Crippen LogP contribution in [0.25, 0.3) is 0 Å². The van der Waals surface area contributed by atoms with E-state index < -0.39 is 0 Å². The Morgan fingerprint density at radius 1 is 1.08 bits per heavy atom. The lowest BCUT2D eigenvalue weighted by atomic mass is 10.0. The zero-order chi connectivity index (χ0) is 18.4. The van der Waals surface area contributed by atoms with Gasteiger partial charge in [0.15, 0.2) is 6.61 Å². The number of aryl methyl sites for hydroxylation is 2. The molecule has 0 spiro atoms. The van der Waals surface area contributed by atoms with Crippen molar-refractivity contribution in [3.63, 3.8) is 0 Å². The number of benzene rings is 2. The van der Waals surface area contributed by atoms with Crippen molar-refractivity contribution in [2.75, 3.05) is 13.7 Å². The van der Waals surface area contributed by atoms with E-state index in [1.165, 1.54) is 0 Å². The molecule has 0 aliphatic rings. The zero-order valence-corrected chi connectivity index (χ0v) is 15.3. The maximum atomic E-state index is 11.9. The maximum absolute atomic E-state index is 11.9. The standard InChI is InChI=1S/C20H24N2O3/c1-13-7-6-8-14(2)20(13)25-12-19(23)22-21-11-17-9-10-18(24-5)16(4)15(17)3/h6-11H,12H2,1-5H3,(H,22,23)/b21-11+. The molecule has 0 fully saturated rings. The number of methoxy groups -OCH3 is 1. The number of carbonyl (C=O) groups excluding carboxylic acids is 1. The Morgan fingerprint density at radius 2 is 1.76 bits per heavy atom. The number of hydrogen-bond donors (Lipinski definition) is 1. The van der Waals surface area contributed by atoms with Gasteiger partial charge in [-0.15, -0.1) is 0 Å². The highest BCUT2D eigenvalue weighted by Gasteiger charge is 2.07. The van der Waals surface area contributed by atoms with Gasteiger partial charge in [0.2, 0.25) is 0 Å². The zero-order valence-electron chi connectivity index (χ0n) is 15.3. The molecule has 25 heavy (non-hydrogen) atoms. The summed E-state index contributed by atoms with van der Waals surface area (Å²) in [4.78, 5) is 11.9. The molecule has 0 heterocycles. The van der Waals surface area contributed by atoms with Crippen LogP contribution < -0.4 is 14.9 Å². The third-order valence-electron chi connectivity index (χ3n) is 4.15. The fourth-order valence-corrected chi connectivity index (χ4v) is 2.55. The minimum Gasteiger partial charge on any atom is -0.496 e. The van der Waals surface area contributed by atoms with Crippen LogP contribution in [0.4, 0.5) is 0 Å². The minimum atomic E-state index is -0.304. The summed E-state index contributed by atoms with van der Waals surface area (Å²) in [7, 11) is 1.64. The number of nitrogens with zero attached hydrogens (tertiary/aromatic N) is 1. The van der Waals surface area contributed by atoms with Crippen LogP contribution in [0.2, 0.25) is 0 Å². The molecule has 0 aliphatic heterocycles. The van der Waals surface area contributed by atoms with E-state index in [0.29, 0.717) is 0 Å². The molecular weight excluding hydrogens is 316 g/mol. The molecule has 2 aromatic carbocycles. The molecule has 132 valence electrons. The number of nitrogens with one attached hydrogen (secondary N) is 1. The van der Waals surface area contributed by atoms with Crippen LogP contribution in [0.1, 0.15) is 27.8 Å². The summed E-state index contributed by atoms with van der Waals surface area (Å²) in [5, 5.41) is 4.01. The summed E-state index contributed by atoms with van der Waals surface area (Å²) >= 11 is 0. The van der Waals surface area contributed by atoms with Gasteiger partial charge in [0.1, 0.15) is 11.5 Å². The van der Waals surface area contributed by atoms with E-state index >= 15 is 0 Å². The Labute approximate surface area is 148 Å². The first-order chi connectivity index (χ1) is 11.9. The largest absolute Gasteiger partial charge is 0.496 e. The summed E-state index contributed by atoms with van der Waals surface area (Å²) in [6.07, 6.45) is 1.62. The molecule has 5 nitrogen and oxygen atoms in total. The van der Waals surface area contributed by atoms with E-state index in [9.17, 15) is 4.79 Å². The topological polar surface area (TPSA) is 59.9 Å². The molecule has 1 amide bonds. The normalized spacial score (nSPS) is 10.8. The predicted molar refractivity (Wildman–Crippen MR) is 99.6 cm³/mol. The first-order valence-electron chi connectivity index (χ1n) is 8.09. The Morgan fingerprint density at radius 3 is 2.40 bits per heavy atom. The Kier molecular flexibility index (Phi) is 6.17. The van der Waals surface area contributed by atoms with Crippen LogP contribution >= 0.6 is 0 Å². The first-order valence-corrected chi connectivity index (χ1v) is 8.09. The van der Waals surface area contributed by atoms with E-state index in [0.717, 1.165) is 39.3 Å². The Hall–Kier alpha value is -2.82. The summed E-state index contributed by atoms with van der Waals surface area (Å²) in [5.74, 6) is 1.27. The summed E-state index contributed by atoms with van der Waals surface area (Å²) in [5.41, 5.74) is 7.53. The SMILES string of the molecule is COc1ccc(/C=N/NC(=O)COc2c(C)cccc2C)c(C)c1C. The molecule has 0 saturated heterocycles. The van der Waals surface area contributed by atoms with E-state index in [1.54, 1.807) is 13.3 Å². The number of rotatable bonds is 6. The quantitative estimate of drug-likeness (QED) is 0.647. The van der Waals surface area contributed by atoms with Gasteiger partial charge in [0, 0.05) is 0 Å². The van der Waals surface area contributed by atoms with Gasteiger partial charge in [-0.05, 0) is 67.6 Å². The number of amides is 1. The van der Waals surface area contributed by atoms with Crippen LogP contribution in [-0.4, -0.2) is 25.8 Å².